The van der Waals surface area contributed by atoms with E-state index in [2.05, 4.69) is 5.10 Å². The third-order valence-electron chi connectivity index (χ3n) is 3.58. The molecular formula is C13H16N6O2. The van der Waals surface area contributed by atoms with Crippen LogP contribution in [0, 0.1) is 22.8 Å². The Balaban J connectivity index is 1.99. The van der Waals surface area contributed by atoms with E-state index in [0.717, 1.165) is 0 Å². The van der Waals surface area contributed by atoms with Crippen molar-refractivity contribution in [2.24, 2.45) is 0 Å². The van der Waals surface area contributed by atoms with Crippen LogP contribution in [0.1, 0.15) is 25.3 Å². The average molecular weight is 288 g/mol. The van der Waals surface area contributed by atoms with Crippen LogP contribution in [0.25, 0.3) is 0 Å². The molecule has 0 atom stereocenters. The lowest BCUT2D eigenvalue weighted by Crippen LogP contribution is -2.38. The molecule has 1 aliphatic rings. The van der Waals surface area contributed by atoms with Gasteiger partial charge in [-0.1, -0.05) is 0 Å². The summed E-state index contributed by atoms with van der Waals surface area (Å²) in [5.41, 5.74) is 0.661. The quantitative estimate of drug-likeness (QED) is 0.662. The Kier molecular flexibility index (Phi) is 4.62. The molecule has 1 saturated heterocycles. The minimum absolute atomic E-state index is 0.144. The lowest BCUT2D eigenvalue weighted by atomic mass is 10.1. The van der Waals surface area contributed by atoms with Gasteiger partial charge < -0.3 is 10.0 Å². The van der Waals surface area contributed by atoms with Gasteiger partial charge in [0.25, 0.3) is 0 Å². The van der Waals surface area contributed by atoms with Crippen LogP contribution in [0.15, 0.2) is 12.4 Å². The number of anilines is 1. The highest BCUT2D eigenvalue weighted by molar-refractivity contribution is 5.65. The number of likely N-dealkylation sites (tertiary alicyclic amines) is 1. The second-order valence-electron chi connectivity index (χ2n) is 4.84. The van der Waals surface area contributed by atoms with Crippen LogP contribution in [0.2, 0.25) is 0 Å². The van der Waals surface area contributed by atoms with Gasteiger partial charge in [0.05, 0.1) is 30.4 Å². The second kappa shape index (κ2) is 6.62. The number of nitrogens with zero attached hydrogens (tertiary/aromatic N) is 6. The standard InChI is InChI=1S/C13H16N6O2/c14-4-1-5-18(10-15)12-8-16-19(9-12)11-2-6-17(7-3-11)13(20)21/h8-9,11H,1-3,5-7H2,(H,20,21). The predicted molar refractivity (Wildman–Crippen MR) is 73.3 cm³/mol. The van der Waals surface area contributed by atoms with Gasteiger partial charge in [0.15, 0.2) is 6.19 Å². The number of carboxylic acid groups (broad SMARTS) is 1. The Morgan fingerprint density at radius 3 is 2.76 bits per heavy atom. The lowest BCUT2D eigenvalue weighted by molar-refractivity contribution is 0.124. The minimum atomic E-state index is -0.887. The Labute approximate surface area is 122 Å². The van der Waals surface area contributed by atoms with Gasteiger partial charge in [-0.2, -0.15) is 15.6 Å². The second-order valence-corrected chi connectivity index (χ2v) is 4.84. The molecule has 1 amide bonds. The van der Waals surface area contributed by atoms with Crippen molar-refractivity contribution in [1.82, 2.24) is 14.7 Å². The van der Waals surface area contributed by atoms with Crippen molar-refractivity contribution in [2.75, 3.05) is 24.5 Å². The van der Waals surface area contributed by atoms with Crippen LogP contribution >= 0.6 is 0 Å². The van der Waals surface area contributed by atoms with Gasteiger partial charge in [0.2, 0.25) is 0 Å². The van der Waals surface area contributed by atoms with E-state index in [-0.39, 0.29) is 12.5 Å². The monoisotopic (exact) mass is 288 g/mol. The number of aromatic nitrogens is 2. The van der Waals surface area contributed by atoms with Crippen LogP contribution < -0.4 is 4.90 Å². The molecule has 0 aromatic carbocycles. The fourth-order valence-electron chi connectivity index (χ4n) is 2.39. The minimum Gasteiger partial charge on any atom is -0.465 e. The van der Waals surface area contributed by atoms with E-state index in [0.29, 0.717) is 38.2 Å². The summed E-state index contributed by atoms with van der Waals surface area (Å²) in [5.74, 6) is 0. The van der Waals surface area contributed by atoms with E-state index in [9.17, 15) is 4.79 Å². The molecule has 0 bridgehead atoms. The molecule has 8 heteroatoms. The molecule has 2 heterocycles. The number of hydrogen-bond donors (Lipinski definition) is 1. The van der Waals surface area contributed by atoms with E-state index >= 15 is 0 Å². The average Bonchev–Trinajstić information content (AvgIpc) is 2.98. The number of piperidine rings is 1. The first-order valence-electron chi connectivity index (χ1n) is 6.72. The van der Waals surface area contributed by atoms with Gasteiger partial charge in [-0.15, -0.1) is 0 Å². The summed E-state index contributed by atoms with van der Waals surface area (Å²) in [5, 5.41) is 30.8. The summed E-state index contributed by atoms with van der Waals surface area (Å²) < 4.78 is 1.78. The van der Waals surface area contributed by atoms with Crippen molar-refractivity contribution in [3.8, 4) is 12.3 Å². The SMILES string of the molecule is N#CCCN(C#N)c1cnn(C2CCN(C(=O)O)CC2)c1. The van der Waals surface area contributed by atoms with Crippen LogP contribution in [-0.4, -0.2) is 45.5 Å². The molecule has 0 radical (unpaired) electrons. The van der Waals surface area contributed by atoms with Crippen molar-refractivity contribution in [3.63, 3.8) is 0 Å². The Morgan fingerprint density at radius 1 is 1.48 bits per heavy atom. The zero-order chi connectivity index (χ0) is 15.2. The predicted octanol–water partition coefficient (Wildman–Crippen LogP) is 1.40. The van der Waals surface area contributed by atoms with Gasteiger partial charge in [0.1, 0.15) is 0 Å². The highest BCUT2D eigenvalue weighted by Crippen LogP contribution is 2.24. The first-order valence-corrected chi connectivity index (χ1v) is 6.72. The molecule has 8 nitrogen and oxygen atoms in total. The number of carbonyl (C=O) groups is 1. The van der Waals surface area contributed by atoms with Crippen molar-refractivity contribution in [2.45, 2.75) is 25.3 Å². The van der Waals surface area contributed by atoms with Crippen molar-refractivity contribution in [3.05, 3.63) is 12.4 Å². The molecule has 110 valence electrons. The number of nitriles is 2. The van der Waals surface area contributed by atoms with E-state index in [1.165, 1.54) is 9.80 Å². The van der Waals surface area contributed by atoms with Gasteiger partial charge in [-0.05, 0) is 12.8 Å². The normalized spacial score (nSPS) is 15.2. The van der Waals surface area contributed by atoms with Crippen molar-refractivity contribution in [1.29, 1.82) is 10.5 Å². The van der Waals surface area contributed by atoms with Crippen molar-refractivity contribution >= 4 is 11.8 Å². The Bertz CT molecular complexity index is 576. The molecule has 0 aliphatic carbocycles. The molecule has 0 unspecified atom stereocenters. The zero-order valence-electron chi connectivity index (χ0n) is 11.5. The number of rotatable bonds is 4. The molecule has 1 aromatic rings. The topological polar surface area (TPSA) is 109 Å². The zero-order valence-corrected chi connectivity index (χ0v) is 11.5. The molecule has 0 spiro atoms. The summed E-state index contributed by atoms with van der Waals surface area (Å²) in [6, 6.07) is 2.15. The summed E-state index contributed by atoms with van der Waals surface area (Å²) >= 11 is 0. The maximum Gasteiger partial charge on any atom is 0.407 e. The fourth-order valence-corrected chi connectivity index (χ4v) is 2.39. The molecule has 1 aliphatic heterocycles. The third kappa shape index (κ3) is 3.42. The van der Waals surface area contributed by atoms with Crippen LogP contribution in [0.4, 0.5) is 10.5 Å². The van der Waals surface area contributed by atoms with Crippen LogP contribution in [0.5, 0.6) is 0 Å². The first kappa shape index (κ1) is 14.7. The van der Waals surface area contributed by atoms with Crippen LogP contribution in [-0.2, 0) is 0 Å². The largest absolute Gasteiger partial charge is 0.465 e. The fraction of sp³-hybridized carbons (Fsp3) is 0.538. The Hall–Kier alpha value is -2.74. The lowest BCUT2D eigenvalue weighted by Gasteiger charge is -2.30. The maximum atomic E-state index is 10.9. The molecule has 1 fully saturated rings. The molecule has 21 heavy (non-hydrogen) atoms. The van der Waals surface area contributed by atoms with E-state index in [1.807, 2.05) is 12.3 Å². The molecule has 0 saturated carbocycles. The smallest absolute Gasteiger partial charge is 0.407 e. The third-order valence-corrected chi connectivity index (χ3v) is 3.58. The molecule has 1 aromatic heterocycles. The number of amides is 1. The summed E-state index contributed by atoms with van der Waals surface area (Å²) in [4.78, 5) is 13.7. The Morgan fingerprint density at radius 2 is 2.19 bits per heavy atom. The summed E-state index contributed by atoms with van der Waals surface area (Å²) in [6.45, 7) is 1.33. The highest BCUT2D eigenvalue weighted by atomic mass is 16.4. The molecule has 1 N–H and O–H groups in total. The highest BCUT2D eigenvalue weighted by Gasteiger charge is 2.24. The van der Waals surface area contributed by atoms with Gasteiger partial charge >= 0.3 is 6.09 Å². The van der Waals surface area contributed by atoms with Gasteiger partial charge in [-0.25, -0.2) is 4.79 Å². The first-order chi connectivity index (χ1) is 10.2. The number of hydrogen-bond acceptors (Lipinski definition) is 5. The van der Waals surface area contributed by atoms with Crippen molar-refractivity contribution < 1.29 is 9.90 Å². The molecular weight excluding hydrogens is 272 g/mol. The maximum absolute atomic E-state index is 10.9. The van der Waals surface area contributed by atoms with E-state index in [1.54, 1.807) is 17.1 Å². The van der Waals surface area contributed by atoms with Gasteiger partial charge in [0, 0.05) is 25.8 Å². The summed E-state index contributed by atoms with van der Waals surface area (Å²) in [6.07, 6.45) is 6.21. The molecule has 2 rings (SSSR count). The van der Waals surface area contributed by atoms with Crippen LogP contribution in [0.3, 0.4) is 0 Å². The summed E-state index contributed by atoms with van der Waals surface area (Å²) in [7, 11) is 0. The van der Waals surface area contributed by atoms with E-state index in [4.69, 9.17) is 15.6 Å². The van der Waals surface area contributed by atoms with Gasteiger partial charge in [-0.3, -0.25) is 9.58 Å². The van der Waals surface area contributed by atoms with E-state index < -0.39 is 6.09 Å².